The van der Waals surface area contributed by atoms with Gasteiger partial charge in [-0.3, -0.25) is 0 Å². The molecule has 1 atom stereocenters. The predicted molar refractivity (Wildman–Crippen MR) is 98.8 cm³/mol. The minimum atomic E-state index is 0.301. The fourth-order valence-electron chi connectivity index (χ4n) is 3.41. The summed E-state index contributed by atoms with van der Waals surface area (Å²) in [5.74, 6) is 0.301. The Morgan fingerprint density at radius 2 is 1.26 bits per heavy atom. The molecule has 3 aromatic carbocycles. The molecule has 0 spiro atoms. The largest absolute Gasteiger partial charge is 0.340 e. The molecule has 1 nitrogen and oxygen atoms in total. The zero-order valence-corrected chi connectivity index (χ0v) is 13.0. The van der Waals surface area contributed by atoms with E-state index in [-0.39, 0.29) is 0 Å². The maximum atomic E-state index is 4.06. The minimum Gasteiger partial charge on any atom is -0.340 e. The molecule has 1 heteroatoms. The monoisotopic (exact) mass is 297 g/mol. The van der Waals surface area contributed by atoms with Crippen molar-refractivity contribution in [1.29, 1.82) is 0 Å². The summed E-state index contributed by atoms with van der Waals surface area (Å²) in [5.41, 5.74) is 3.89. The van der Waals surface area contributed by atoms with E-state index in [9.17, 15) is 0 Å². The van der Waals surface area contributed by atoms with Gasteiger partial charge in [-0.2, -0.15) is 0 Å². The molecule has 0 radical (unpaired) electrons. The molecule has 4 aromatic rings. The fourth-order valence-corrected chi connectivity index (χ4v) is 3.41. The maximum Gasteiger partial charge on any atom is 0.0491 e. The number of nitrogens with zero attached hydrogens (tertiary/aromatic N) is 1. The number of hydrogen-bond acceptors (Lipinski definition) is 0. The number of fused-ring (bicyclic) bond motifs is 3. The molecule has 0 saturated heterocycles. The lowest BCUT2D eigenvalue weighted by molar-refractivity contribution is 0.676. The number of rotatable bonds is 4. The zero-order chi connectivity index (χ0) is 15.6. The third kappa shape index (κ3) is 2.35. The maximum absolute atomic E-state index is 4.06. The fraction of sp³-hybridized carbons (Fsp3) is 0.0909. The van der Waals surface area contributed by atoms with E-state index in [1.54, 1.807) is 0 Å². The van der Waals surface area contributed by atoms with Crippen LogP contribution in [0.4, 0.5) is 0 Å². The first-order valence-corrected chi connectivity index (χ1v) is 8.02. The zero-order valence-electron chi connectivity index (χ0n) is 13.0. The molecular formula is C22H19N. The van der Waals surface area contributed by atoms with E-state index in [4.69, 9.17) is 0 Å². The van der Waals surface area contributed by atoms with Gasteiger partial charge in [0, 0.05) is 34.3 Å². The van der Waals surface area contributed by atoms with Gasteiger partial charge in [0.05, 0.1) is 0 Å². The average molecular weight is 297 g/mol. The number of para-hydroxylation sites is 2. The van der Waals surface area contributed by atoms with Crippen LogP contribution >= 0.6 is 0 Å². The van der Waals surface area contributed by atoms with Gasteiger partial charge >= 0.3 is 0 Å². The van der Waals surface area contributed by atoms with Crippen LogP contribution in [0.5, 0.6) is 0 Å². The lowest BCUT2D eigenvalue weighted by Gasteiger charge is -2.16. The van der Waals surface area contributed by atoms with Gasteiger partial charge in [-0.1, -0.05) is 72.8 Å². The van der Waals surface area contributed by atoms with Crippen molar-refractivity contribution in [2.24, 2.45) is 0 Å². The molecule has 1 aromatic heterocycles. The van der Waals surface area contributed by atoms with Crippen molar-refractivity contribution in [3.05, 3.63) is 97.1 Å². The quantitative estimate of drug-likeness (QED) is 0.422. The van der Waals surface area contributed by atoms with Crippen LogP contribution in [0.2, 0.25) is 0 Å². The van der Waals surface area contributed by atoms with E-state index in [1.165, 1.54) is 27.4 Å². The van der Waals surface area contributed by atoms with Crippen molar-refractivity contribution in [2.75, 3.05) is 0 Å². The SMILES string of the molecule is C=C[C@H](Cn1c2ccccc2c2ccccc21)c1ccccc1. The molecule has 0 N–H and O–H groups in total. The van der Waals surface area contributed by atoms with Gasteiger partial charge in [-0.05, 0) is 17.7 Å². The molecule has 0 amide bonds. The van der Waals surface area contributed by atoms with Crippen LogP contribution in [0.1, 0.15) is 11.5 Å². The van der Waals surface area contributed by atoms with Crippen molar-refractivity contribution >= 4 is 21.8 Å². The summed E-state index contributed by atoms with van der Waals surface area (Å²) in [6.07, 6.45) is 2.05. The number of hydrogen-bond donors (Lipinski definition) is 0. The summed E-state index contributed by atoms with van der Waals surface area (Å²) < 4.78 is 2.42. The van der Waals surface area contributed by atoms with E-state index in [0.717, 1.165) is 6.54 Å². The first-order valence-electron chi connectivity index (χ1n) is 8.02. The minimum absolute atomic E-state index is 0.301. The van der Waals surface area contributed by atoms with E-state index in [2.05, 4.69) is 96.1 Å². The summed E-state index contributed by atoms with van der Waals surface area (Å²) in [6.45, 7) is 4.97. The Morgan fingerprint density at radius 1 is 0.739 bits per heavy atom. The van der Waals surface area contributed by atoms with Gasteiger partial charge in [-0.25, -0.2) is 0 Å². The van der Waals surface area contributed by atoms with Gasteiger partial charge in [0.15, 0.2) is 0 Å². The highest BCUT2D eigenvalue weighted by Gasteiger charge is 2.14. The molecule has 4 rings (SSSR count). The average Bonchev–Trinajstić information content (AvgIpc) is 2.94. The van der Waals surface area contributed by atoms with Crippen molar-refractivity contribution in [1.82, 2.24) is 4.57 Å². The number of allylic oxidation sites excluding steroid dienone is 1. The Bertz CT molecular complexity index is 910. The van der Waals surface area contributed by atoms with Crippen LogP contribution in [0, 0.1) is 0 Å². The Balaban J connectivity index is 1.89. The normalized spacial score (nSPS) is 12.5. The molecule has 0 bridgehead atoms. The van der Waals surface area contributed by atoms with Crippen LogP contribution in [-0.4, -0.2) is 4.57 Å². The highest BCUT2D eigenvalue weighted by Crippen LogP contribution is 2.31. The second-order valence-corrected chi connectivity index (χ2v) is 5.90. The van der Waals surface area contributed by atoms with Gasteiger partial charge in [0.2, 0.25) is 0 Å². The second kappa shape index (κ2) is 5.77. The molecule has 1 heterocycles. The molecule has 23 heavy (non-hydrogen) atoms. The Labute approximate surface area is 136 Å². The smallest absolute Gasteiger partial charge is 0.0491 e. The lowest BCUT2D eigenvalue weighted by Crippen LogP contribution is -2.07. The molecule has 0 aliphatic carbocycles. The highest BCUT2D eigenvalue weighted by molar-refractivity contribution is 6.07. The van der Waals surface area contributed by atoms with Gasteiger partial charge in [-0.15, -0.1) is 6.58 Å². The van der Waals surface area contributed by atoms with Crippen molar-refractivity contribution < 1.29 is 0 Å². The van der Waals surface area contributed by atoms with Crippen LogP contribution in [-0.2, 0) is 6.54 Å². The third-order valence-corrected chi connectivity index (χ3v) is 4.57. The standard InChI is InChI=1S/C22H19N/c1-2-17(18-10-4-3-5-11-18)16-23-21-14-8-6-12-19(21)20-13-7-9-15-22(20)23/h2-15,17H,1,16H2/t17-/m1/s1. The number of aromatic nitrogens is 1. The Morgan fingerprint density at radius 3 is 1.83 bits per heavy atom. The molecule has 0 aliphatic heterocycles. The summed E-state index contributed by atoms with van der Waals surface area (Å²) >= 11 is 0. The van der Waals surface area contributed by atoms with Gasteiger partial charge in [0.1, 0.15) is 0 Å². The predicted octanol–water partition coefficient (Wildman–Crippen LogP) is 5.76. The van der Waals surface area contributed by atoms with Crippen molar-refractivity contribution in [3.63, 3.8) is 0 Å². The van der Waals surface area contributed by atoms with Crippen molar-refractivity contribution in [3.8, 4) is 0 Å². The topological polar surface area (TPSA) is 4.93 Å². The van der Waals surface area contributed by atoms with E-state index >= 15 is 0 Å². The summed E-state index contributed by atoms with van der Waals surface area (Å²) in [5, 5.41) is 2.64. The summed E-state index contributed by atoms with van der Waals surface area (Å²) in [6, 6.07) is 27.9. The van der Waals surface area contributed by atoms with Gasteiger partial charge in [0.25, 0.3) is 0 Å². The Hall–Kier alpha value is -2.80. The molecule has 0 saturated carbocycles. The van der Waals surface area contributed by atoms with Crippen LogP contribution in [0.25, 0.3) is 21.8 Å². The van der Waals surface area contributed by atoms with Crippen LogP contribution < -0.4 is 0 Å². The summed E-state index contributed by atoms with van der Waals surface area (Å²) in [7, 11) is 0. The van der Waals surface area contributed by atoms with Crippen LogP contribution in [0.3, 0.4) is 0 Å². The summed E-state index contributed by atoms with van der Waals surface area (Å²) in [4.78, 5) is 0. The molecule has 112 valence electrons. The third-order valence-electron chi connectivity index (χ3n) is 4.57. The number of benzene rings is 3. The van der Waals surface area contributed by atoms with Crippen molar-refractivity contribution in [2.45, 2.75) is 12.5 Å². The van der Waals surface area contributed by atoms with E-state index in [1.807, 2.05) is 0 Å². The molecule has 0 aliphatic rings. The molecule has 0 fully saturated rings. The first kappa shape index (κ1) is 13.8. The Kier molecular flexibility index (Phi) is 3.47. The van der Waals surface area contributed by atoms with E-state index < -0.39 is 0 Å². The first-order chi connectivity index (χ1) is 11.4. The van der Waals surface area contributed by atoms with E-state index in [0.29, 0.717) is 5.92 Å². The lowest BCUT2D eigenvalue weighted by atomic mass is 9.99. The van der Waals surface area contributed by atoms with Crippen LogP contribution in [0.15, 0.2) is 91.5 Å². The second-order valence-electron chi connectivity index (χ2n) is 5.90. The molecular weight excluding hydrogens is 278 g/mol. The highest BCUT2D eigenvalue weighted by atomic mass is 15.0. The molecule has 0 unspecified atom stereocenters. The van der Waals surface area contributed by atoms with Gasteiger partial charge < -0.3 is 4.57 Å².